The van der Waals surface area contributed by atoms with Gasteiger partial charge in [-0.25, -0.2) is 4.90 Å². The van der Waals surface area contributed by atoms with Crippen LogP contribution in [0.15, 0.2) is 36.4 Å². The molecule has 1 saturated heterocycles. The highest BCUT2D eigenvalue weighted by Gasteiger charge is 2.41. The molecule has 2 heterocycles. The van der Waals surface area contributed by atoms with Crippen LogP contribution >= 0.6 is 35.0 Å². The van der Waals surface area contributed by atoms with Crippen LogP contribution in [0.1, 0.15) is 5.56 Å². The Kier molecular flexibility index (Phi) is 4.27. The third kappa shape index (κ3) is 3.05. The van der Waals surface area contributed by atoms with Gasteiger partial charge in [0.05, 0.1) is 10.9 Å². The van der Waals surface area contributed by atoms with Crippen molar-refractivity contribution in [2.75, 3.05) is 11.7 Å². The molecule has 1 fully saturated rings. The lowest BCUT2D eigenvalue weighted by Crippen LogP contribution is -2.32. The number of imide groups is 1. The van der Waals surface area contributed by atoms with Crippen LogP contribution in [0.3, 0.4) is 0 Å². The van der Waals surface area contributed by atoms with E-state index in [0.717, 1.165) is 17.3 Å². The van der Waals surface area contributed by atoms with E-state index in [0.29, 0.717) is 33.7 Å². The zero-order chi connectivity index (χ0) is 17.6. The lowest BCUT2D eigenvalue weighted by molar-refractivity contribution is -0.117. The number of carbonyl (C=O) groups is 2. The van der Waals surface area contributed by atoms with Crippen molar-refractivity contribution in [2.24, 2.45) is 0 Å². The van der Waals surface area contributed by atoms with E-state index in [-0.39, 0.29) is 17.9 Å². The summed E-state index contributed by atoms with van der Waals surface area (Å²) in [6.45, 7) is 0.148. The van der Waals surface area contributed by atoms with E-state index in [2.05, 4.69) is 0 Å². The summed E-state index contributed by atoms with van der Waals surface area (Å²) in [6, 6.07) is 10.0. The maximum Gasteiger partial charge on any atom is 0.293 e. The summed E-state index contributed by atoms with van der Waals surface area (Å²) in [4.78, 5) is 26.2. The van der Waals surface area contributed by atoms with E-state index in [9.17, 15) is 9.59 Å². The molecule has 4 rings (SSSR count). The van der Waals surface area contributed by atoms with Crippen molar-refractivity contribution in [2.45, 2.75) is 11.7 Å². The van der Waals surface area contributed by atoms with Crippen LogP contribution in [-0.2, 0) is 11.2 Å². The maximum atomic E-state index is 12.7. The molecule has 8 heteroatoms. The average molecular weight is 396 g/mol. The number of rotatable bonds is 3. The standard InChI is InChI=1S/C17H11Cl2NO4S/c18-10-1-3-11(4-2-10)20-16(21)15(25-17(20)22)6-9-5-13-14(7-12(9)19)24-8-23-13/h1-5,7,15H,6,8H2/t15-/m1/s1. The number of hydrogen-bond donors (Lipinski definition) is 0. The third-order valence-electron chi connectivity index (χ3n) is 3.95. The number of carbonyl (C=O) groups excluding carboxylic acids is 2. The SMILES string of the molecule is O=C1S[C@H](Cc2cc3c(cc2Cl)OCO3)C(=O)N1c1ccc(Cl)cc1. The van der Waals surface area contributed by atoms with Crippen LogP contribution in [0.25, 0.3) is 0 Å². The molecule has 25 heavy (non-hydrogen) atoms. The van der Waals surface area contributed by atoms with Gasteiger partial charge in [0, 0.05) is 16.1 Å². The van der Waals surface area contributed by atoms with Crippen LogP contribution in [-0.4, -0.2) is 23.2 Å². The summed E-state index contributed by atoms with van der Waals surface area (Å²) in [7, 11) is 0. The molecule has 2 aliphatic heterocycles. The number of nitrogens with zero attached hydrogens (tertiary/aromatic N) is 1. The second-order valence-corrected chi connectivity index (χ2v) is 7.52. The molecule has 1 atom stereocenters. The number of halogens is 2. The molecule has 0 aliphatic carbocycles. The van der Waals surface area contributed by atoms with Gasteiger partial charge in [-0.1, -0.05) is 35.0 Å². The molecule has 2 aromatic rings. The van der Waals surface area contributed by atoms with Crippen molar-refractivity contribution in [3.63, 3.8) is 0 Å². The van der Waals surface area contributed by atoms with Gasteiger partial charge >= 0.3 is 0 Å². The minimum Gasteiger partial charge on any atom is -0.454 e. The van der Waals surface area contributed by atoms with Crippen molar-refractivity contribution in [1.82, 2.24) is 0 Å². The normalized spacial score (nSPS) is 19.0. The minimum absolute atomic E-state index is 0.148. The Morgan fingerprint density at radius 3 is 2.48 bits per heavy atom. The van der Waals surface area contributed by atoms with Gasteiger partial charge < -0.3 is 9.47 Å². The van der Waals surface area contributed by atoms with Crippen LogP contribution < -0.4 is 14.4 Å². The molecule has 0 aromatic heterocycles. The van der Waals surface area contributed by atoms with Gasteiger partial charge in [-0.3, -0.25) is 9.59 Å². The van der Waals surface area contributed by atoms with Crippen molar-refractivity contribution in [3.05, 3.63) is 52.0 Å². The summed E-state index contributed by atoms with van der Waals surface area (Å²) in [5.74, 6) is 0.903. The van der Waals surface area contributed by atoms with Crippen molar-refractivity contribution < 1.29 is 19.1 Å². The molecule has 128 valence electrons. The molecule has 0 saturated carbocycles. The molecule has 0 N–H and O–H groups in total. The van der Waals surface area contributed by atoms with Gasteiger partial charge in [-0.15, -0.1) is 0 Å². The van der Waals surface area contributed by atoms with E-state index in [4.69, 9.17) is 32.7 Å². The molecule has 5 nitrogen and oxygen atoms in total. The highest BCUT2D eigenvalue weighted by Crippen LogP contribution is 2.40. The molecule has 2 aliphatic rings. The van der Waals surface area contributed by atoms with Crippen molar-refractivity contribution in [3.8, 4) is 11.5 Å². The zero-order valence-electron chi connectivity index (χ0n) is 12.7. The second-order valence-electron chi connectivity index (χ2n) is 5.52. The quantitative estimate of drug-likeness (QED) is 0.763. The average Bonchev–Trinajstić information content (AvgIpc) is 3.13. The first-order valence-corrected chi connectivity index (χ1v) is 9.04. The smallest absolute Gasteiger partial charge is 0.293 e. The monoisotopic (exact) mass is 395 g/mol. The second kappa shape index (κ2) is 6.44. The number of thioether (sulfide) groups is 1. The van der Waals surface area contributed by atoms with Gasteiger partial charge in [0.2, 0.25) is 12.7 Å². The van der Waals surface area contributed by atoms with E-state index >= 15 is 0 Å². The summed E-state index contributed by atoms with van der Waals surface area (Å²) in [6.07, 6.45) is 0.328. The van der Waals surface area contributed by atoms with E-state index < -0.39 is 5.25 Å². The van der Waals surface area contributed by atoms with Crippen LogP contribution in [0.4, 0.5) is 10.5 Å². The first-order chi connectivity index (χ1) is 12.0. The topological polar surface area (TPSA) is 55.8 Å². The lowest BCUT2D eigenvalue weighted by Gasteiger charge is -2.14. The highest BCUT2D eigenvalue weighted by molar-refractivity contribution is 8.15. The largest absolute Gasteiger partial charge is 0.454 e. The van der Waals surface area contributed by atoms with Crippen molar-refractivity contribution >= 4 is 51.8 Å². The van der Waals surface area contributed by atoms with E-state index in [1.165, 1.54) is 4.90 Å². The van der Waals surface area contributed by atoms with Crippen LogP contribution in [0, 0.1) is 0 Å². The fraction of sp³-hybridized carbons (Fsp3) is 0.176. The maximum absolute atomic E-state index is 12.7. The first kappa shape index (κ1) is 16.6. The van der Waals surface area contributed by atoms with Gasteiger partial charge in [-0.2, -0.15) is 0 Å². The summed E-state index contributed by atoms with van der Waals surface area (Å²) < 4.78 is 10.6. The minimum atomic E-state index is -0.541. The van der Waals surface area contributed by atoms with Gasteiger partial charge in [0.15, 0.2) is 11.5 Å². The van der Waals surface area contributed by atoms with Crippen molar-refractivity contribution in [1.29, 1.82) is 0 Å². The predicted octanol–water partition coefficient (Wildman–Crippen LogP) is 4.53. The molecule has 0 radical (unpaired) electrons. The molecule has 0 unspecified atom stereocenters. The number of ether oxygens (including phenoxy) is 2. The fourth-order valence-electron chi connectivity index (χ4n) is 2.73. The predicted molar refractivity (Wildman–Crippen MR) is 97.0 cm³/mol. The Bertz CT molecular complexity index is 872. The number of hydrogen-bond acceptors (Lipinski definition) is 5. The number of anilines is 1. The lowest BCUT2D eigenvalue weighted by atomic mass is 10.1. The van der Waals surface area contributed by atoms with Gasteiger partial charge in [-0.05, 0) is 42.3 Å². The third-order valence-corrected chi connectivity index (χ3v) is 5.59. The van der Waals surface area contributed by atoms with Crippen LogP contribution in [0.5, 0.6) is 11.5 Å². The molecular weight excluding hydrogens is 385 g/mol. The summed E-state index contributed by atoms with van der Waals surface area (Å²) in [5.41, 5.74) is 1.24. The van der Waals surface area contributed by atoms with Crippen LogP contribution in [0.2, 0.25) is 10.0 Å². The number of fused-ring (bicyclic) bond motifs is 1. The Morgan fingerprint density at radius 1 is 1.08 bits per heavy atom. The van der Waals surface area contributed by atoms with E-state index in [1.807, 2.05) is 0 Å². The summed E-state index contributed by atoms with van der Waals surface area (Å²) in [5, 5.41) is 0.171. The Hall–Kier alpha value is -1.89. The molecule has 2 amide bonds. The summed E-state index contributed by atoms with van der Waals surface area (Å²) >= 11 is 13.1. The highest BCUT2D eigenvalue weighted by atomic mass is 35.5. The van der Waals surface area contributed by atoms with Gasteiger partial charge in [0.1, 0.15) is 0 Å². The Morgan fingerprint density at radius 2 is 1.76 bits per heavy atom. The fourth-order valence-corrected chi connectivity index (χ4v) is 4.10. The first-order valence-electron chi connectivity index (χ1n) is 7.41. The number of benzene rings is 2. The zero-order valence-corrected chi connectivity index (χ0v) is 15.0. The Labute approximate surface area is 157 Å². The Balaban J connectivity index is 1.57. The molecule has 0 spiro atoms. The molecule has 2 aromatic carbocycles. The molecule has 0 bridgehead atoms. The number of amides is 2. The van der Waals surface area contributed by atoms with E-state index in [1.54, 1.807) is 36.4 Å². The van der Waals surface area contributed by atoms with Gasteiger partial charge in [0.25, 0.3) is 5.24 Å². The molecular formula is C17H11Cl2NO4S.